The maximum atomic E-state index is 10.3. The van der Waals surface area contributed by atoms with Gasteiger partial charge in [-0.3, -0.25) is 4.79 Å². The smallest absolute Gasteiger partial charge is 0.303 e. The Morgan fingerprint density at radius 2 is 1.52 bits per heavy atom. The van der Waals surface area contributed by atoms with Crippen molar-refractivity contribution in [2.45, 2.75) is 71.1 Å². The van der Waals surface area contributed by atoms with Crippen molar-refractivity contribution in [2.75, 3.05) is 0 Å². The molecule has 0 aliphatic heterocycles. The molecule has 0 bridgehead atoms. The van der Waals surface area contributed by atoms with Crippen molar-refractivity contribution in [1.82, 2.24) is 0 Å². The van der Waals surface area contributed by atoms with E-state index in [-0.39, 0.29) is 6.42 Å². The number of hydrogen-bond acceptors (Lipinski definition) is 2. The topological polar surface area (TPSA) is 57.5 Å². The minimum atomic E-state index is -0.736. The molecule has 0 amide bonds. The second-order valence-corrected chi connectivity index (χ2v) is 5.58. The molecule has 3 heteroatoms. The van der Waals surface area contributed by atoms with Gasteiger partial charge in [0.25, 0.3) is 0 Å². The molecule has 0 heterocycles. The van der Waals surface area contributed by atoms with E-state index < -0.39 is 5.97 Å². The molecule has 0 saturated carbocycles. The molecule has 0 atom stereocenters. The summed E-state index contributed by atoms with van der Waals surface area (Å²) < 4.78 is 0. The Balaban J connectivity index is 3.63. The van der Waals surface area contributed by atoms with E-state index in [1.54, 1.807) is 12.2 Å². The van der Waals surface area contributed by atoms with Gasteiger partial charge in [-0.25, -0.2) is 0 Å². The van der Waals surface area contributed by atoms with E-state index in [9.17, 15) is 9.90 Å². The van der Waals surface area contributed by atoms with Crippen molar-refractivity contribution in [3.63, 3.8) is 0 Å². The van der Waals surface area contributed by atoms with Gasteiger partial charge in [0, 0.05) is 6.42 Å². The van der Waals surface area contributed by atoms with Crippen molar-refractivity contribution in [2.24, 2.45) is 0 Å². The number of carboxylic acid groups (broad SMARTS) is 1. The van der Waals surface area contributed by atoms with Crippen LogP contribution in [0, 0.1) is 0 Å². The predicted molar refractivity (Wildman–Crippen MR) is 97.6 cm³/mol. The fourth-order valence-electron chi connectivity index (χ4n) is 2.01. The number of carbonyl (C=O) groups is 1. The Labute approximate surface area is 141 Å². The number of aliphatic hydroxyl groups is 1. The van der Waals surface area contributed by atoms with Gasteiger partial charge in [0.1, 0.15) is 5.76 Å². The van der Waals surface area contributed by atoms with Crippen LogP contribution >= 0.6 is 0 Å². The van der Waals surface area contributed by atoms with Gasteiger partial charge in [0.2, 0.25) is 0 Å². The van der Waals surface area contributed by atoms with Gasteiger partial charge >= 0.3 is 5.97 Å². The molecule has 0 aliphatic carbocycles. The molecule has 130 valence electrons. The van der Waals surface area contributed by atoms with Crippen LogP contribution in [-0.4, -0.2) is 16.2 Å². The molecule has 0 aliphatic rings. The molecule has 2 N–H and O–H groups in total. The molecule has 0 fully saturated rings. The second kappa shape index (κ2) is 16.6. The summed E-state index contributed by atoms with van der Waals surface area (Å²) in [5.41, 5.74) is 0. The number of allylic oxidation sites excluding steroid dienone is 7. The van der Waals surface area contributed by atoms with Gasteiger partial charge in [0.05, 0.1) is 0 Å². The van der Waals surface area contributed by atoms with Crippen molar-refractivity contribution in [3.8, 4) is 0 Å². The maximum Gasteiger partial charge on any atom is 0.303 e. The number of aliphatic hydroxyl groups excluding tert-OH is 1. The van der Waals surface area contributed by atoms with E-state index in [2.05, 4.69) is 6.92 Å². The van der Waals surface area contributed by atoms with Crippen molar-refractivity contribution < 1.29 is 15.0 Å². The van der Waals surface area contributed by atoms with Gasteiger partial charge in [0.15, 0.2) is 0 Å². The zero-order valence-corrected chi connectivity index (χ0v) is 14.4. The van der Waals surface area contributed by atoms with E-state index in [4.69, 9.17) is 5.11 Å². The minimum Gasteiger partial charge on any atom is -0.508 e. The lowest BCUT2D eigenvalue weighted by Gasteiger charge is -1.94. The molecule has 0 unspecified atom stereocenters. The van der Waals surface area contributed by atoms with Crippen LogP contribution in [0.5, 0.6) is 0 Å². The van der Waals surface area contributed by atoms with E-state index in [0.717, 1.165) is 25.7 Å². The Kier molecular flexibility index (Phi) is 15.3. The number of hydrogen-bond donors (Lipinski definition) is 2. The van der Waals surface area contributed by atoms with Crippen LogP contribution in [0.25, 0.3) is 0 Å². The number of unbranched alkanes of at least 4 members (excludes halogenated alkanes) is 5. The second-order valence-electron chi connectivity index (χ2n) is 5.58. The number of rotatable bonds is 14. The van der Waals surface area contributed by atoms with E-state index in [1.165, 1.54) is 25.7 Å². The summed E-state index contributed by atoms with van der Waals surface area (Å²) in [5.74, 6) is -0.408. The average molecular weight is 320 g/mol. The standard InChI is InChI=1S/C20H32O3/c1-2-3-4-5-10-13-16-19(21)17-14-11-8-6-7-9-12-15-18-20(22)23/h7-9,11,13,16-17,21H,2-6,10,12,14-15,18H2,1H3,(H,22,23)/b9-7?,11-8?,16-13+,19-17+. The van der Waals surface area contributed by atoms with Crippen molar-refractivity contribution in [1.29, 1.82) is 0 Å². The summed E-state index contributed by atoms with van der Waals surface area (Å²) in [6.07, 6.45) is 23.1. The Hall–Kier alpha value is -1.77. The number of carboxylic acids is 1. The molecular weight excluding hydrogens is 288 g/mol. The zero-order chi connectivity index (χ0) is 17.2. The summed E-state index contributed by atoms with van der Waals surface area (Å²) in [7, 11) is 0. The molecule has 0 spiro atoms. The summed E-state index contributed by atoms with van der Waals surface area (Å²) in [6.45, 7) is 2.20. The van der Waals surface area contributed by atoms with Gasteiger partial charge in [-0.2, -0.15) is 0 Å². The van der Waals surface area contributed by atoms with Crippen LogP contribution in [0.1, 0.15) is 71.1 Å². The van der Waals surface area contributed by atoms with Crippen LogP contribution < -0.4 is 0 Å². The lowest BCUT2D eigenvalue weighted by molar-refractivity contribution is -0.137. The molecule has 0 rings (SSSR count). The van der Waals surface area contributed by atoms with Crippen LogP contribution in [-0.2, 0) is 4.79 Å². The Morgan fingerprint density at radius 3 is 2.26 bits per heavy atom. The van der Waals surface area contributed by atoms with Crippen LogP contribution in [0.4, 0.5) is 0 Å². The highest BCUT2D eigenvalue weighted by Crippen LogP contribution is 2.04. The normalized spacial score (nSPS) is 12.8. The van der Waals surface area contributed by atoms with Crippen molar-refractivity contribution >= 4 is 5.97 Å². The highest BCUT2D eigenvalue weighted by Gasteiger charge is 1.92. The lowest BCUT2D eigenvalue weighted by atomic mass is 10.1. The SMILES string of the molecule is CCCCCC/C=C/C(O)=C\CC=CCC=CCCCC(=O)O. The third kappa shape index (κ3) is 18.2. The van der Waals surface area contributed by atoms with Gasteiger partial charge in [-0.05, 0) is 50.7 Å². The molecule has 23 heavy (non-hydrogen) atoms. The molecule has 3 nitrogen and oxygen atoms in total. The number of aliphatic carboxylic acids is 1. The monoisotopic (exact) mass is 320 g/mol. The summed E-state index contributed by atoms with van der Waals surface area (Å²) in [4.78, 5) is 10.3. The fourth-order valence-corrected chi connectivity index (χ4v) is 2.01. The minimum absolute atomic E-state index is 0.233. The first-order chi connectivity index (χ1) is 11.2. The predicted octanol–water partition coefficient (Wildman–Crippen LogP) is 6.10. The quantitative estimate of drug-likeness (QED) is 0.176. The Bertz CT molecular complexity index is 403. The highest BCUT2D eigenvalue weighted by molar-refractivity contribution is 5.66. The van der Waals surface area contributed by atoms with E-state index in [1.807, 2.05) is 30.4 Å². The summed E-state index contributed by atoms with van der Waals surface area (Å²) >= 11 is 0. The third-order valence-electron chi connectivity index (χ3n) is 3.34. The molecule has 0 aromatic rings. The zero-order valence-electron chi connectivity index (χ0n) is 14.4. The fraction of sp³-hybridized carbons (Fsp3) is 0.550. The Morgan fingerprint density at radius 1 is 0.826 bits per heavy atom. The maximum absolute atomic E-state index is 10.3. The molecule has 0 saturated heterocycles. The summed E-state index contributed by atoms with van der Waals surface area (Å²) in [6, 6.07) is 0. The van der Waals surface area contributed by atoms with Crippen molar-refractivity contribution in [3.05, 3.63) is 48.3 Å². The first-order valence-electron chi connectivity index (χ1n) is 8.74. The van der Waals surface area contributed by atoms with E-state index >= 15 is 0 Å². The first-order valence-corrected chi connectivity index (χ1v) is 8.74. The lowest BCUT2D eigenvalue weighted by Crippen LogP contribution is -1.92. The third-order valence-corrected chi connectivity index (χ3v) is 3.34. The molecule has 0 radical (unpaired) electrons. The summed E-state index contributed by atoms with van der Waals surface area (Å²) in [5, 5.41) is 18.2. The molecular formula is C20H32O3. The molecule has 0 aromatic carbocycles. The van der Waals surface area contributed by atoms with Crippen LogP contribution in [0.2, 0.25) is 0 Å². The largest absolute Gasteiger partial charge is 0.508 e. The van der Waals surface area contributed by atoms with Crippen LogP contribution in [0.15, 0.2) is 48.3 Å². The average Bonchev–Trinajstić information content (AvgIpc) is 2.52. The van der Waals surface area contributed by atoms with Crippen LogP contribution in [0.3, 0.4) is 0 Å². The van der Waals surface area contributed by atoms with E-state index in [0.29, 0.717) is 12.2 Å². The van der Waals surface area contributed by atoms with Gasteiger partial charge in [-0.1, -0.05) is 56.6 Å². The van der Waals surface area contributed by atoms with Gasteiger partial charge < -0.3 is 10.2 Å². The first kappa shape index (κ1) is 21.2. The molecule has 0 aromatic heterocycles. The highest BCUT2D eigenvalue weighted by atomic mass is 16.4. The van der Waals surface area contributed by atoms with Gasteiger partial charge in [-0.15, -0.1) is 0 Å².